The van der Waals surface area contributed by atoms with Crippen LogP contribution in [0.5, 0.6) is 11.6 Å². The lowest BCUT2D eigenvalue weighted by molar-refractivity contribution is 0.240. The van der Waals surface area contributed by atoms with Crippen molar-refractivity contribution in [2.75, 3.05) is 13.7 Å². The Morgan fingerprint density at radius 1 is 1.10 bits per heavy atom. The second-order valence-electron chi connectivity index (χ2n) is 7.50. The Kier molecular flexibility index (Phi) is 4.45. The number of para-hydroxylation sites is 1. The van der Waals surface area contributed by atoms with E-state index in [4.69, 9.17) is 4.74 Å². The minimum absolute atomic E-state index is 0.319. The molecule has 0 bridgehead atoms. The van der Waals surface area contributed by atoms with Gasteiger partial charge in [0, 0.05) is 53.4 Å². The van der Waals surface area contributed by atoms with E-state index >= 15 is 0 Å². The number of nitrogens with one attached hydrogen (secondary N) is 1. The minimum Gasteiger partial charge on any atom is -0.508 e. The molecule has 0 saturated carbocycles. The molecule has 0 amide bonds. The van der Waals surface area contributed by atoms with Crippen molar-refractivity contribution in [3.8, 4) is 22.9 Å². The summed E-state index contributed by atoms with van der Waals surface area (Å²) in [6.45, 7) is 2.51. The van der Waals surface area contributed by atoms with Gasteiger partial charge in [-0.25, -0.2) is 4.98 Å². The molecule has 29 heavy (non-hydrogen) atoms. The average Bonchev–Trinajstić information content (AvgIpc) is 3.13. The summed E-state index contributed by atoms with van der Waals surface area (Å²) >= 11 is 0. The third-order valence-electron chi connectivity index (χ3n) is 5.66. The smallest absolute Gasteiger partial charge is 0.213 e. The lowest BCUT2D eigenvalue weighted by atomic mass is 10.0. The number of phenols is 1. The second kappa shape index (κ2) is 7.26. The Labute approximate surface area is 169 Å². The molecule has 5 rings (SSSR count). The highest BCUT2D eigenvalue weighted by Gasteiger charge is 2.21. The predicted molar refractivity (Wildman–Crippen MR) is 114 cm³/mol. The molecule has 1 aliphatic heterocycles. The first-order valence-corrected chi connectivity index (χ1v) is 9.85. The number of H-pyrrole nitrogens is 1. The van der Waals surface area contributed by atoms with Crippen molar-refractivity contribution >= 4 is 10.9 Å². The molecule has 0 radical (unpaired) electrons. The zero-order valence-electron chi connectivity index (χ0n) is 16.4. The Hall–Kier alpha value is -3.31. The molecular formula is C24H23N3O2. The number of phenolic OH excluding ortho intramolecular Hbond substituents is 1. The number of aromatic hydroxyl groups is 1. The van der Waals surface area contributed by atoms with Gasteiger partial charge >= 0.3 is 0 Å². The highest BCUT2D eigenvalue weighted by atomic mass is 16.5. The van der Waals surface area contributed by atoms with Gasteiger partial charge in [0.05, 0.1) is 12.8 Å². The van der Waals surface area contributed by atoms with E-state index in [1.54, 1.807) is 13.2 Å². The summed E-state index contributed by atoms with van der Waals surface area (Å²) < 4.78 is 5.24. The number of aromatic amines is 1. The molecule has 0 spiro atoms. The van der Waals surface area contributed by atoms with E-state index in [9.17, 15) is 5.11 Å². The molecule has 3 heterocycles. The molecule has 0 fully saturated rings. The molecule has 2 N–H and O–H groups in total. The summed E-state index contributed by atoms with van der Waals surface area (Å²) in [5.74, 6) is 0.901. The van der Waals surface area contributed by atoms with Crippen LogP contribution in [0.1, 0.15) is 16.8 Å². The summed E-state index contributed by atoms with van der Waals surface area (Å²) in [6, 6.07) is 19.9. The highest BCUT2D eigenvalue weighted by Crippen LogP contribution is 2.31. The van der Waals surface area contributed by atoms with E-state index in [0.717, 1.165) is 36.3 Å². The van der Waals surface area contributed by atoms with Crippen molar-refractivity contribution < 1.29 is 9.84 Å². The van der Waals surface area contributed by atoms with Crippen molar-refractivity contribution in [3.05, 3.63) is 77.5 Å². The van der Waals surface area contributed by atoms with Crippen molar-refractivity contribution in [2.24, 2.45) is 0 Å². The molecule has 1 aliphatic rings. The van der Waals surface area contributed by atoms with Crippen LogP contribution in [-0.2, 0) is 19.5 Å². The Balaban J connectivity index is 1.40. The summed E-state index contributed by atoms with van der Waals surface area (Å²) in [6.07, 6.45) is 1.01. The number of nitrogens with zero attached hydrogens (tertiary/aromatic N) is 2. The minimum atomic E-state index is 0.319. The molecule has 2 aromatic carbocycles. The van der Waals surface area contributed by atoms with E-state index in [1.807, 2.05) is 30.3 Å². The van der Waals surface area contributed by atoms with E-state index in [-0.39, 0.29) is 0 Å². The molecule has 0 aliphatic carbocycles. The van der Waals surface area contributed by atoms with Gasteiger partial charge in [-0.1, -0.05) is 24.3 Å². The largest absolute Gasteiger partial charge is 0.508 e. The maximum absolute atomic E-state index is 10.4. The number of ether oxygens (including phenoxy) is 1. The van der Waals surface area contributed by atoms with Crippen LogP contribution in [0, 0.1) is 0 Å². The molecule has 0 saturated heterocycles. The van der Waals surface area contributed by atoms with Crippen molar-refractivity contribution in [1.29, 1.82) is 0 Å². The molecule has 4 aromatic rings. The third kappa shape index (κ3) is 3.34. The van der Waals surface area contributed by atoms with Crippen LogP contribution in [-0.4, -0.2) is 33.6 Å². The normalized spacial score (nSPS) is 14.1. The fraction of sp³-hybridized carbons (Fsp3) is 0.208. The first-order chi connectivity index (χ1) is 14.2. The van der Waals surface area contributed by atoms with Crippen LogP contribution in [0.3, 0.4) is 0 Å². The topological polar surface area (TPSA) is 61.4 Å². The lowest BCUT2D eigenvalue weighted by Crippen LogP contribution is -2.29. The van der Waals surface area contributed by atoms with Crippen LogP contribution in [0.4, 0.5) is 0 Å². The number of rotatable bonds is 4. The van der Waals surface area contributed by atoms with Crippen molar-refractivity contribution in [1.82, 2.24) is 14.9 Å². The van der Waals surface area contributed by atoms with Gasteiger partial charge in [0.2, 0.25) is 5.88 Å². The summed E-state index contributed by atoms with van der Waals surface area (Å²) in [5.41, 5.74) is 6.63. The predicted octanol–water partition coefficient (Wildman–Crippen LogP) is 4.50. The number of aromatic nitrogens is 2. The molecule has 0 unspecified atom stereocenters. The molecular weight excluding hydrogens is 362 g/mol. The SMILES string of the molecule is COc1cccc(-c2ccc(O)c(CN3CCc4c([nH]c5ccccc45)C3)c2)n1. The van der Waals surface area contributed by atoms with Crippen LogP contribution >= 0.6 is 0 Å². The van der Waals surface area contributed by atoms with E-state index in [0.29, 0.717) is 18.2 Å². The van der Waals surface area contributed by atoms with Gasteiger partial charge in [-0.3, -0.25) is 4.90 Å². The lowest BCUT2D eigenvalue weighted by Gasteiger charge is -2.27. The number of fused-ring (bicyclic) bond motifs is 3. The maximum Gasteiger partial charge on any atom is 0.213 e. The van der Waals surface area contributed by atoms with Gasteiger partial charge in [0.1, 0.15) is 5.75 Å². The van der Waals surface area contributed by atoms with Crippen molar-refractivity contribution in [3.63, 3.8) is 0 Å². The highest BCUT2D eigenvalue weighted by molar-refractivity contribution is 5.84. The van der Waals surface area contributed by atoms with E-state index < -0.39 is 0 Å². The van der Waals surface area contributed by atoms with Gasteiger partial charge in [-0.2, -0.15) is 0 Å². The Morgan fingerprint density at radius 2 is 2.00 bits per heavy atom. The van der Waals surface area contributed by atoms with Crippen LogP contribution < -0.4 is 4.74 Å². The third-order valence-corrected chi connectivity index (χ3v) is 5.66. The first kappa shape index (κ1) is 17.8. The summed E-state index contributed by atoms with van der Waals surface area (Å²) in [5, 5.41) is 11.8. The number of methoxy groups -OCH3 is 1. The molecule has 146 valence electrons. The zero-order chi connectivity index (χ0) is 19.8. The number of benzene rings is 2. The number of hydrogen-bond acceptors (Lipinski definition) is 4. The van der Waals surface area contributed by atoms with Crippen LogP contribution in [0.25, 0.3) is 22.2 Å². The molecule has 5 heteroatoms. The van der Waals surface area contributed by atoms with E-state index in [1.165, 1.54) is 22.2 Å². The van der Waals surface area contributed by atoms with Gasteiger partial charge in [0.25, 0.3) is 0 Å². The number of pyridine rings is 1. The zero-order valence-corrected chi connectivity index (χ0v) is 16.4. The van der Waals surface area contributed by atoms with Gasteiger partial charge in [-0.05, 0) is 42.3 Å². The van der Waals surface area contributed by atoms with Gasteiger partial charge < -0.3 is 14.8 Å². The standard InChI is InChI=1S/C24H23N3O2/c1-29-24-8-4-7-20(26-24)16-9-10-23(28)17(13-16)14-27-12-11-19-18-5-2-3-6-21(18)25-22(19)15-27/h2-10,13,25,28H,11-12,14-15H2,1H3. The van der Waals surface area contributed by atoms with Gasteiger partial charge in [0.15, 0.2) is 0 Å². The monoisotopic (exact) mass is 385 g/mol. The fourth-order valence-electron chi connectivity index (χ4n) is 4.19. The average molecular weight is 385 g/mol. The second-order valence-corrected chi connectivity index (χ2v) is 7.50. The van der Waals surface area contributed by atoms with E-state index in [2.05, 4.69) is 39.1 Å². The van der Waals surface area contributed by atoms with Crippen molar-refractivity contribution in [2.45, 2.75) is 19.5 Å². The molecule has 5 nitrogen and oxygen atoms in total. The van der Waals surface area contributed by atoms with Crippen LogP contribution in [0.15, 0.2) is 60.7 Å². The summed E-state index contributed by atoms with van der Waals surface area (Å²) in [7, 11) is 1.61. The number of hydrogen-bond donors (Lipinski definition) is 2. The molecule has 2 aromatic heterocycles. The van der Waals surface area contributed by atoms with Gasteiger partial charge in [-0.15, -0.1) is 0 Å². The molecule has 0 atom stereocenters. The quantitative estimate of drug-likeness (QED) is 0.543. The Morgan fingerprint density at radius 3 is 2.90 bits per heavy atom. The first-order valence-electron chi connectivity index (χ1n) is 9.85. The fourth-order valence-corrected chi connectivity index (χ4v) is 4.19. The van der Waals surface area contributed by atoms with Crippen LogP contribution in [0.2, 0.25) is 0 Å². The maximum atomic E-state index is 10.4. The Bertz CT molecular complexity index is 1180. The summed E-state index contributed by atoms with van der Waals surface area (Å²) in [4.78, 5) is 10.4.